The van der Waals surface area contributed by atoms with E-state index in [2.05, 4.69) is 45.4 Å². The molecular formula is C22H24ClN3O. The Morgan fingerprint density at radius 3 is 2.37 bits per heavy atom. The first kappa shape index (κ1) is 17.9. The largest absolute Gasteiger partial charge is 0.489 e. The van der Waals surface area contributed by atoms with Gasteiger partial charge in [-0.15, -0.1) is 0 Å². The zero-order valence-electron chi connectivity index (χ0n) is 15.7. The molecule has 1 N–H and O–H groups in total. The average Bonchev–Trinajstić information content (AvgIpc) is 3.35. The summed E-state index contributed by atoms with van der Waals surface area (Å²) in [4.78, 5) is 2.44. The summed E-state index contributed by atoms with van der Waals surface area (Å²) >= 11 is 6.36. The number of anilines is 1. The lowest BCUT2D eigenvalue weighted by atomic mass is 10.1. The number of H-pyrrole nitrogens is 1. The molecule has 0 aliphatic carbocycles. The lowest BCUT2D eigenvalue weighted by Crippen LogP contribution is -2.17. The van der Waals surface area contributed by atoms with Gasteiger partial charge < -0.3 is 9.64 Å². The van der Waals surface area contributed by atoms with Gasteiger partial charge in [-0.25, -0.2) is 0 Å². The van der Waals surface area contributed by atoms with Crippen LogP contribution in [-0.4, -0.2) is 29.4 Å². The van der Waals surface area contributed by atoms with Crippen molar-refractivity contribution in [2.45, 2.75) is 32.8 Å². The summed E-state index contributed by atoms with van der Waals surface area (Å²) in [6.07, 6.45) is 2.67. The fourth-order valence-electron chi connectivity index (χ4n) is 3.45. The van der Waals surface area contributed by atoms with Gasteiger partial charge in [-0.05, 0) is 68.7 Å². The van der Waals surface area contributed by atoms with Crippen molar-refractivity contribution in [3.8, 4) is 28.3 Å². The smallest absolute Gasteiger partial charge is 0.138 e. The minimum absolute atomic E-state index is 0.0915. The summed E-state index contributed by atoms with van der Waals surface area (Å²) in [7, 11) is 0. The minimum atomic E-state index is 0.0915. The normalized spacial score (nSPS) is 14.1. The maximum Gasteiger partial charge on any atom is 0.138 e. The van der Waals surface area contributed by atoms with Crippen LogP contribution in [0, 0.1) is 0 Å². The maximum absolute atomic E-state index is 6.36. The maximum atomic E-state index is 6.36. The molecule has 1 aromatic heterocycles. The van der Waals surface area contributed by atoms with Gasteiger partial charge in [0.25, 0.3) is 0 Å². The SMILES string of the molecule is CC(C)Oc1ccc(-c2cc(-c3ccc(N4CCCC4)cc3)[nH]n2)cc1Cl. The summed E-state index contributed by atoms with van der Waals surface area (Å²) < 4.78 is 5.70. The van der Waals surface area contributed by atoms with Crippen molar-refractivity contribution < 1.29 is 4.74 Å². The van der Waals surface area contributed by atoms with Crippen LogP contribution in [-0.2, 0) is 0 Å². The third kappa shape index (κ3) is 3.96. The van der Waals surface area contributed by atoms with Crippen LogP contribution in [0.2, 0.25) is 5.02 Å². The topological polar surface area (TPSA) is 41.1 Å². The zero-order chi connectivity index (χ0) is 18.8. The van der Waals surface area contributed by atoms with Crippen LogP contribution in [0.15, 0.2) is 48.5 Å². The fraction of sp³-hybridized carbons (Fsp3) is 0.318. The van der Waals surface area contributed by atoms with Crippen LogP contribution in [0.4, 0.5) is 5.69 Å². The Kier molecular flexibility index (Phi) is 5.08. The van der Waals surface area contributed by atoms with Gasteiger partial charge in [0.1, 0.15) is 5.75 Å². The number of hydrogen-bond acceptors (Lipinski definition) is 3. The molecular weight excluding hydrogens is 358 g/mol. The number of nitrogens with zero attached hydrogens (tertiary/aromatic N) is 2. The van der Waals surface area contributed by atoms with Crippen LogP contribution in [0.3, 0.4) is 0 Å². The Balaban J connectivity index is 1.54. The molecule has 140 valence electrons. The highest BCUT2D eigenvalue weighted by Crippen LogP contribution is 2.32. The second-order valence-electron chi connectivity index (χ2n) is 7.22. The summed E-state index contributed by atoms with van der Waals surface area (Å²) in [5, 5.41) is 8.20. The summed E-state index contributed by atoms with van der Waals surface area (Å²) in [5.41, 5.74) is 5.25. The highest BCUT2D eigenvalue weighted by atomic mass is 35.5. The number of aromatic nitrogens is 2. The standard InChI is InChI=1S/C22H24ClN3O/c1-15(2)27-22-10-7-17(13-19(22)23)21-14-20(24-25-21)16-5-8-18(9-6-16)26-11-3-4-12-26/h5-10,13-15H,3-4,11-12H2,1-2H3,(H,24,25). The number of benzene rings is 2. The molecule has 2 heterocycles. The zero-order valence-corrected chi connectivity index (χ0v) is 16.5. The summed E-state index contributed by atoms with van der Waals surface area (Å²) in [5.74, 6) is 0.698. The predicted molar refractivity (Wildman–Crippen MR) is 112 cm³/mol. The van der Waals surface area contributed by atoms with Crippen molar-refractivity contribution in [3.05, 3.63) is 53.6 Å². The molecule has 4 nitrogen and oxygen atoms in total. The molecule has 1 aliphatic heterocycles. The molecule has 0 atom stereocenters. The van der Waals surface area contributed by atoms with Crippen LogP contribution in [0.5, 0.6) is 5.75 Å². The van der Waals surface area contributed by atoms with Gasteiger partial charge in [-0.3, -0.25) is 5.10 Å². The second-order valence-corrected chi connectivity index (χ2v) is 7.63. The highest BCUT2D eigenvalue weighted by Gasteiger charge is 2.13. The summed E-state index contributed by atoms with van der Waals surface area (Å²) in [6.45, 7) is 6.29. The summed E-state index contributed by atoms with van der Waals surface area (Å²) in [6, 6.07) is 16.5. The van der Waals surface area contributed by atoms with Crippen molar-refractivity contribution in [2.75, 3.05) is 18.0 Å². The Morgan fingerprint density at radius 1 is 1.00 bits per heavy atom. The van der Waals surface area contributed by atoms with E-state index in [4.69, 9.17) is 16.3 Å². The molecule has 3 aromatic rings. The first-order valence-corrected chi connectivity index (χ1v) is 9.85. The Labute approximate surface area is 165 Å². The lowest BCUT2D eigenvalue weighted by molar-refractivity contribution is 0.242. The van der Waals surface area contributed by atoms with E-state index in [1.54, 1.807) is 0 Å². The highest BCUT2D eigenvalue weighted by molar-refractivity contribution is 6.32. The van der Waals surface area contributed by atoms with Crippen molar-refractivity contribution in [2.24, 2.45) is 0 Å². The van der Waals surface area contributed by atoms with Crippen molar-refractivity contribution in [1.82, 2.24) is 10.2 Å². The third-order valence-corrected chi connectivity index (χ3v) is 5.11. The van der Waals surface area contributed by atoms with Gasteiger partial charge in [0.15, 0.2) is 0 Å². The first-order valence-electron chi connectivity index (χ1n) is 9.47. The molecule has 1 aliphatic rings. The van der Waals surface area contributed by atoms with E-state index >= 15 is 0 Å². The molecule has 0 spiro atoms. The van der Waals surface area contributed by atoms with Crippen LogP contribution >= 0.6 is 11.6 Å². The number of ether oxygens (including phenoxy) is 1. The van der Waals surface area contributed by atoms with Crippen LogP contribution in [0.25, 0.3) is 22.5 Å². The number of halogens is 1. The lowest BCUT2D eigenvalue weighted by Gasteiger charge is -2.17. The first-order chi connectivity index (χ1) is 13.1. The van der Waals surface area contributed by atoms with Crippen molar-refractivity contribution in [3.63, 3.8) is 0 Å². The number of rotatable bonds is 5. The molecule has 2 aromatic carbocycles. The average molecular weight is 382 g/mol. The third-order valence-electron chi connectivity index (χ3n) is 4.82. The van der Waals surface area contributed by atoms with Crippen LogP contribution < -0.4 is 9.64 Å². The van der Waals surface area contributed by atoms with E-state index < -0.39 is 0 Å². The monoisotopic (exact) mass is 381 g/mol. The minimum Gasteiger partial charge on any atom is -0.489 e. The predicted octanol–water partition coefficient (Wildman–Crippen LogP) is 5.78. The molecule has 1 fully saturated rings. The van der Waals surface area contributed by atoms with Gasteiger partial charge in [0.05, 0.1) is 22.5 Å². The molecule has 0 amide bonds. The quantitative estimate of drug-likeness (QED) is 0.608. The molecule has 0 unspecified atom stereocenters. The Bertz CT molecular complexity index is 912. The van der Waals surface area contributed by atoms with Gasteiger partial charge in [0, 0.05) is 24.3 Å². The fourth-order valence-corrected chi connectivity index (χ4v) is 3.68. The van der Waals surface area contributed by atoms with Gasteiger partial charge in [-0.2, -0.15) is 5.10 Å². The van der Waals surface area contributed by atoms with E-state index in [1.165, 1.54) is 18.5 Å². The Morgan fingerprint density at radius 2 is 1.70 bits per heavy atom. The van der Waals surface area contributed by atoms with Gasteiger partial charge >= 0.3 is 0 Å². The number of aromatic amines is 1. The second kappa shape index (κ2) is 7.65. The van der Waals surface area contributed by atoms with E-state index in [-0.39, 0.29) is 6.10 Å². The molecule has 4 rings (SSSR count). The number of hydrogen-bond donors (Lipinski definition) is 1. The molecule has 5 heteroatoms. The van der Waals surface area contributed by atoms with E-state index in [0.717, 1.165) is 35.6 Å². The molecule has 27 heavy (non-hydrogen) atoms. The van der Waals surface area contributed by atoms with Crippen LogP contribution in [0.1, 0.15) is 26.7 Å². The van der Waals surface area contributed by atoms with E-state index in [1.807, 2.05) is 32.0 Å². The Hall–Kier alpha value is -2.46. The van der Waals surface area contributed by atoms with Crippen molar-refractivity contribution in [1.29, 1.82) is 0 Å². The van der Waals surface area contributed by atoms with E-state index in [9.17, 15) is 0 Å². The molecule has 0 saturated carbocycles. The molecule has 1 saturated heterocycles. The molecule has 0 bridgehead atoms. The number of nitrogens with one attached hydrogen (secondary N) is 1. The van der Waals surface area contributed by atoms with E-state index in [0.29, 0.717) is 10.8 Å². The van der Waals surface area contributed by atoms with Gasteiger partial charge in [0.2, 0.25) is 0 Å². The molecule has 0 radical (unpaired) electrons. The van der Waals surface area contributed by atoms with Gasteiger partial charge in [-0.1, -0.05) is 23.7 Å². The van der Waals surface area contributed by atoms with Crippen molar-refractivity contribution >= 4 is 17.3 Å².